The van der Waals surface area contributed by atoms with Crippen LogP contribution in [0.5, 0.6) is 0 Å². The molecule has 0 fully saturated rings. The van der Waals surface area contributed by atoms with E-state index in [1.807, 2.05) is 28.8 Å². The van der Waals surface area contributed by atoms with Gasteiger partial charge in [0.25, 0.3) is 0 Å². The molecule has 0 radical (unpaired) electrons. The fraction of sp³-hybridized carbons (Fsp3) is 0.217. The van der Waals surface area contributed by atoms with Crippen molar-refractivity contribution in [2.24, 2.45) is 0 Å². The number of aromatic nitrogens is 4. The van der Waals surface area contributed by atoms with Crippen LogP contribution >= 0.6 is 23.4 Å². The molecule has 0 unspecified atom stereocenters. The average Bonchev–Trinajstić information content (AvgIpc) is 3.47. The highest BCUT2D eigenvalue weighted by Gasteiger charge is 2.22. The Balaban J connectivity index is 1.61. The van der Waals surface area contributed by atoms with Crippen molar-refractivity contribution in [1.82, 2.24) is 19.7 Å². The topological polar surface area (TPSA) is 93.8 Å². The lowest BCUT2D eigenvalue weighted by atomic mass is 10.1. The lowest BCUT2D eigenvalue weighted by Gasteiger charge is -2.09. The zero-order chi connectivity index (χ0) is 22.8. The van der Waals surface area contributed by atoms with Gasteiger partial charge in [0.1, 0.15) is 5.76 Å². The Bertz CT molecular complexity index is 1270. The molecule has 0 saturated carbocycles. The van der Waals surface area contributed by atoms with E-state index in [-0.39, 0.29) is 17.3 Å². The van der Waals surface area contributed by atoms with Crippen molar-refractivity contribution >= 4 is 34.9 Å². The van der Waals surface area contributed by atoms with Gasteiger partial charge in [-0.2, -0.15) is 0 Å². The average molecular weight is 469 g/mol. The molecule has 0 atom stereocenters. The van der Waals surface area contributed by atoms with Crippen LogP contribution in [0.4, 0.5) is 0 Å². The number of hydrogen-bond donors (Lipinski definition) is 1. The number of furan rings is 1. The van der Waals surface area contributed by atoms with E-state index in [4.69, 9.17) is 16.0 Å². The highest BCUT2D eigenvalue weighted by atomic mass is 35.5. The van der Waals surface area contributed by atoms with Crippen LogP contribution in [-0.2, 0) is 6.54 Å². The number of thioether (sulfide) groups is 1. The lowest BCUT2D eigenvalue weighted by molar-refractivity contribution is 0.101. The van der Waals surface area contributed by atoms with Crippen molar-refractivity contribution in [1.29, 1.82) is 0 Å². The molecule has 4 rings (SSSR count). The van der Waals surface area contributed by atoms with Crippen molar-refractivity contribution in [2.75, 3.05) is 5.75 Å². The van der Waals surface area contributed by atoms with E-state index in [0.717, 1.165) is 11.3 Å². The maximum Gasteiger partial charge on any atom is 0.192 e. The molecule has 0 saturated heterocycles. The predicted octanol–water partition coefficient (Wildman–Crippen LogP) is 5.36. The Morgan fingerprint density at radius 2 is 1.91 bits per heavy atom. The van der Waals surface area contributed by atoms with Gasteiger partial charge in [0.05, 0.1) is 24.3 Å². The van der Waals surface area contributed by atoms with Crippen molar-refractivity contribution in [3.8, 4) is 11.4 Å². The molecule has 3 heterocycles. The molecule has 0 spiro atoms. The third-order valence-corrected chi connectivity index (χ3v) is 6.33. The molecule has 0 bridgehead atoms. The fourth-order valence-corrected chi connectivity index (χ4v) is 4.60. The monoisotopic (exact) mass is 468 g/mol. The van der Waals surface area contributed by atoms with Crippen molar-refractivity contribution in [3.05, 3.63) is 76.0 Å². The van der Waals surface area contributed by atoms with Crippen LogP contribution in [0, 0.1) is 13.8 Å². The number of aromatic amines is 1. The van der Waals surface area contributed by atoms with Crippen LogP contribution in [-0.4, -0.2) is 37.1 Å². The second kappa shape index (κ2) is 9.18. The molecule has 1 N–H and O–H groups in total. The van der Waals surface area contributed by atoms with Gasteiger partial charge in [-0.1, -0.05) is 23.4 Å². The number of aryl methyl sites for hydroxylation is 1. The quantitative estimate of drug-likeness (QED) is 0.276. The maximum absolute atomic E-state index is 12.9. The Labute approximate surface area is 194 Å². The summed E-state index contributed by atoms with van der Waals surface area (Å²) in [4.78, 5) is 27.9. The zero-order valence-electron chi connectivity index (χ0n) is 17.8. The number of nitrogens with one attached hydrogen (secondary N) is 1. The number of H-pyrrole nitrogens is 1. The van der Waals surface area contributed by atoms with Gasteiger partial charge in [0.2, 0.25) is 0 Å². The van der Waals surface area contributed by atoms with Crippen LogP contribution in [0.25, 0.3) is 11.4 Å². The van der Waals surface area contributed by atoms with Crippen LogP contribution < -0.4 is 0 Å². The minimum atomic E-state index is -0.108. The largest absolute Gasteiger partial charge is 0.467 e. The van der Waals surface area contributed by atoms with Crippen molar-refractivity contribution < 1.29 is 14.0 Å². The van der Waals surface area contributed by atoms with Crippen LogP contribution in [0.15, 0.2) is 52.2 Å². The van der Waals surface area contributed by atoms with Gasteiger partial charge in [-0.3, -0.25) is 14.2 Å². The third kappa shape index (κ3) is 4.42. The summed E-state index contributed by atoms with van der Waals surface area (Å²) in [6.45, 7) is 5.51. The van der Waals surface area contributed by atoms with Crippen molar-refractivity contribution in [2.45, 2.75) is 32.5 Å². The summed E-state index contributed by atoms with van der Waals surface area (Å²) in [7, 11) is 0. The molecule has 0 aliphatic carbocycles. The number of Topliss-reactive ketones (excluding diaryl/α,β-unsaturated/α-hetero) is 2. The van der Waals surface area contributed by atoms with Gasteiger partial charge in [0, 0.05) is 21.8 Å². The molecule has 0 aliphatic rings. The summed E-state index contributed by atoms with van der Waals surface area (Å²) >= 11 is 7.31. The van der Waals surface area contributed by atoms with Crippen LogP contribution in [0.1, 0.15) is 44.8 Å². The van der Waals surface area contributed by atoms with E-state index in [2.05, 4.69) is 15.2 Å². The molecule has 0 amide bonds. The van der Waals surface area contributed by atoms with Gasteiger partial charge in [-0.25, -0.2) is 0 Å². The summed E-state index contributed by atoms with van der Waals surface area (Å²) in [5.74, 6) is 1.38. The Morgan fingerprint density at radius 1 is 1.16 bits per heavy atom. The molecule has 7 nitrogen and oxygen atoms in total. The SMILES string of the molecule is CC(=O)c1c(C)[nH]c(C(=O)CSc2nnc(-c3ccc(Cl)cc3)n2Cc2ccco2)c1C. The number of benzene rings is 1. The van der Waals surface area contributed by atoms with E-state index >= 15 is 0 Å². The number of nitrogens with zero attached hydrogens (tertiary/aromatic N) is 3. The first-order valence-electron chi connectivity index (χ1n) is 9.92. The summed E-state index contributed by atoms with van der Waals surface area (Å²) in [6, 6.07) is 11.0. The molecule has 3 aromatic heterocycles. The Morgan fingerprint density at radius 3 is 2.53 bits per heavy atom. The molecule has 9 heteroatoms. The lowest BCUT2D eigenvalue weighted by Crippen LogP contribution is -2.08. The standard InChI is InChI=1S/C23H21ClN4O3S/c1-13-20(15(3)29)14(2)25-21(13)19(30)12-32-23-27-26-22(16-6-8-17(24)9-7-16)28(23)11-18-5-4-10-31-18/h4-10,25H,11-12H2,1-3H3. The van der Waals surface area contributed by atoms with Gasteiger partial charge in [-0.05, 0) is 62.7 Å². The second-order valence-electron chi connectivity index (χ2n) is 7.37. The minimum Gasteiger partial charge on any atom is -0.467 e. The molecule has 0 aliphatic heterocycles. The zero-order valence-corrected chi connectivity index (χ0v) is 19.4. The summed E-state index contributed by atoms with van der Waals surface area (Å²) in [5, 5.41) is 9.89. The molecule has 4 aromatic rings. The number of halogens is 1. The number of carbonyl (C=O) groups excluding carboxylic acids is 2. The molecule has 1 aromatic carbocycles. The molecule has 32 heavy (non-hydrogen) atoms. The number of ketones is 2. The van der Waals surface area contributed by atoms with E-state index in [1.165, 1.54) is 18.7 Å². The highest BCUT2D eigenvalue weighted by Crippen LogP contribution is 2.28. The van der Waals surface area contributed by atoms with Gasteiger partial charge >= 0.3 is 0 Å². The maximum atomic E-state index is 12.9. The Hall–Kier alpha value is -3.10. The van der Waals surface area contributed by atoms with E-state index in [9.17, 15) is 9.59 Å². The number of rotatable bonds is 8. The molecule has 164 valence electrons. The van der Waals surface area contributed by atoms with E-state index in [0.29, 0.717) is 45.1 Å². The first-order valence-corrected chi connectivity index (χ1v) is 11.3. The summed E-state index contributed by atoms with van der Waals surface area (Å²) in [6.07, 6.45) is 1.61. The van der Waals surface area contributed by atoms with E-state index in [1.54, 1.807) is 32.2 Å². The summed E-state index contributed by atoms with van der Waals surface area (Å²) in [5.41, 5.74) is 3.27. The van der Waals surface area contributed by atoms with E-state index < -0.39 is 0 Å². The minimum absolute atomic E-state index is 0.0613. The van der Waals surface area contributed by atoms with Gasteiger partial charge in [0.15, 0.2) is 22.5 Å². The predicted molar refractivity (Wildman–Crippen MR) is 124 cm³/mol. The first kappa shape index (κ1) is 22.1. The highest BCUT2D eigenvalue weighted by molar-refractivity contribution is 7.99. The number of hydrogen-bond acceptors (Lipinski definition) is 6. The van der Waals surface area contributed by atoms with Crippen LogP contribution in [0.3, 0.4) is 0 Å². The summed E-state index contributed by atoms with van der Waals surface area (Å²) < 4.78 is 7.42. The number of carbonyl (C=O) groups is 2. The normalized spacial score (nSPS) is 11.1. The van der Waals surface area contributed by atoms with Crippen LogP contribution in [0.2, 0.25) is 5.02 Å². The fourth-order valence-electron chi connectivity index (χ4n) is 3.67. The van der Waals surface area contributed by atoms with Gasteiger partial charge < -0.3 is 9.40 Å². The molecular formula is C23H21ClN4O3S. The van der Waals surface area contributed by atoms with Crippen molar-refractivity contribution in [3.63, 3.8) is 0 Å². The second-order valence-corrected chi connectivity index (χ2v) is 8.75. The Kier molecular flexibility index (Phi) is 6.34. The molecular weight excluding hydrogens is 448 g/mol. The van der Waals surface area contributed by atoms with Gasteiger partial charge in [-0.15, -0.1) is 10.2 Å². The first-order chi connectivity index (χ1) is 15.3. The smallest absolute Gasteiger partial charge is 0.192 e. The third-order valence-electron chi connectivity index (χ3n) is 5.11.